The van der Waals surface area contributed by atoms with Crippen LogP contribution in [0, 0.1) is 0 Å². The molecule has 2 aliphatic heterocycles. The summed E-state index contributed by atoms with van der Waals surface area (Å²) in [6, 6.07) is -1.18. The lowest BCUT2D eigenvalue weighted by molar-refractivity contribution is -0.00265. The molecule has 2 rings (SSSR count). The number of aliphatic hydroxyl groups is 7. The summed E-state index contributed by atoms with van der Waals surface area (Å²) in [6.45, 7) is -0.472. The average molecular weight is 392 g/mol. The maximum atomic E-state index is 10.3. The van der Waals surface area contributed by atoms with E-state index in [0.717, 1.165) is 25.7 Å². The minimum absolute atomic E-state index is 0.200. The van der Waals surface area contributed by atoms with Crippen molar-refractivity contribution in [3.05, 3.63) is 0 Å². The Balaban J connectivity index is 1.68. The van der Waals surface area contributed by atoms with Gasteiger partial charge in [0.05, 0.1) is 49.8 Å². The Morgan fingerprint density at radius 2 is 1.41 bits per heavy atom. The van der Waals surface area contributed by atoms with Gasteiger partial charge >= 0.3 is 0 Å². The van der Waals surface area contributed by atoms with E-state index in [9.17, 15) is 30.6 Å². The summed E-state index contributed by atoms with van der Waals surface area (Å²) >= 11 is 0. The molecule has 0 aromatic carbocycles. The molecule has 8 nitrogen and oxygen atoms in total. The highest BCUT2D eigenvalue weighted by atomic mass is 16.3. The van der Waals surface area contributed by atoms with Crippen molar-refractivity contribution < 1.29 is 35.7 Å². The standard InChI is InChI=1S/C19H37NO7/c21-10-13(24)6-4-2-1-3-5-12(23)7-8-14-17(25)9-15-18(26)19(27)16(11-22)20(14)15/h12-19,21-27H,1-11H2/t12?,13?,14?,15-,16-,17?,18-,19-/m1/s1. The van der Waals surface area contributed by atoms with Crippen molar-refractivity contribution in [3.8, 4) is 0 Å². The molecular weight excluding hydrogens is 354 g/mol. The third-order valence-electron chi connectivity index (χ3n) is 6.23. The van der Waals surface area contributed by atoms with Crippen molar-refractivity contribution >= 4 is 0 Å². The van der Waals surface area contributed by atoms with Crippen LogP contribution in [0.15, 0.2) is 0 Å². The van der Waals surface area contributed by atoms with Crippen LogP contribution in [0.25, 0.3) is 0 Å². The van der Waals surface area contributed by atoms with Crippen LogP contribution in [0.5, 0.6) is 0 Å². The average Bonchev–Trinajstić information content (AvgIpc) is 3.09. The third kappa shape index (κ3) is 5.83. The van der Waals surface area contributed by atoms with E-state index in [1.54, 1.807) is 0 Å². The first kappa shape index (κ1) is 23.0. The Bertz CT molecular complexity index is 425. The number of rotatable bonds is 12. The molecule has 2 heterocycles. The smallest absolute Gasteiger partial charge is 0.0991 e. The van der Waals surface area contributed by atoms with Crippen molar-refractivity contribution in [1.29, 1.82) is 0 Å². The number of hydrogen-bond donors (Lipinski definition) is 7. The molecule has 0 aromatic rings. The molecule has 0 radical (unpaired) electrons. The van der Waals surface area contributed by atoms with Gasteiger partial charge in [-0.05, 0) is 32.1 Å². The van der Waals surface area contributed by atoms with Crippen LogP contribution in [0.2, 0.25) is 0 Å². The highest BCUT2D eigenvalue weighted by Gasteiger charge is 2.55. The fraction of sp³-hybridized carbons (Fsp3) is 1.00. The monoisotopic (exact) mass is 391 g/mol. The molecule has 2 fully saturated rings. The normalized spacial score (nSPS) is 36.1. The second kappa shape index (κ2) is 11.0. The number of aliphatic hydroxyl groups excluding tert-OH is 7. The highest BCUT2D eigenvalue weighted by Crippen LogP contribution is 2.39. The third-order valence-corrected chi connectivity index (χ3v) is 6.23. The van der Waals surface area contributed by atoms with E-state index in [-0.39, 0.29) is 25.3 Å². The van der Waals surface area contributed by atoms with Gasteiger partial charge in [-0.25, -0.2) is 0 Å². The summed E-state index contributed by atoms with van der Waals surface area (Å²) in [5, 5.41) is 68.3. The van der Waals surface area contributed by atoms with Gasteiger partial charge in [0.25, 0.3) is 0 Å². The second-order valence-corrected chi connectivity index (χ2v) is 8.18. The van der Waals surface area contributed by atoms with Crippen LogP contribution in [0.4, 0.5) is 0 Å². The minimum Gasteiger partial charge on any atom is -0.395 e. The van der Waals surface area contributed by atoms with Gasteiger partial charge in [-0.3, -0.25) is 4.90 Å². The van der Waals surface area contributed by atoms with E-state index in [0.29, 0.717) is 32.1 Å². The lowest BCUT2D eigenvalue weighted by Gasteiger charge is -2.31. The lowest BCUT2D eigenvalue weighted by atomic mass is 9.97. The highest BCUT2D eigenvalue weighted by molar-refractivity contribution is 5.09. The first-order chi connectivity index (χ1) is 12.9. The summed E-state index contributed by atoms with van der Waals surface area (Å²) in [5.41, 5.74) is 0. The van der Waals surface area contributed by atoms with Crippen LogP contribution in [0.3, 0.4) is 0 Å². The van der Waals surface area contributed by atoms with Gasteiger partial charge < -0.3 is 35.7 Å². The lowest BCUT2D eigenvalue weighted by Crippen LogP contribution is -2.46. The zero-order valence-corrected chi connectivity index (χ0v) is 16.0. The van der Waals surface area contributed by atoms with E-state index in [4.69, 9.17) is 5.11 Å². The molecule has 0 saturated carbocycles. The molecule has 8 atom stereocenters. The van der Waals surface area contributed by atoms with Crippen molar-refractivity contribution in [2.24, 2.45) is 0 Å². The molecule has 27 heavy (non-hydrogen) atoms. The molecule has 0 bridgehead atoms. The summed E-state index contributed by atoms with van der Waals surface area (Å²) in [4.78, 5) is 1.85. The molecule has 0 spiro atoms. The number of unbranched alkanes of at least 4 members (excludes halogenated alkanes) is 3. The second-order valence-electron chi connectivity index (χ2n) is 8.18. The fourth-order valence-corrected chi connectivity index (χ4v) is 4.67. The molecule has 2 aliphatic rings. The quantitative estimate of drug-likeness (QED) is 0.204. The summed E-state index contributed by atoms with van der Waals surface area (Å²) in [6.07, 6.45) is 2.66. The van der Waals surface area contributed by atoms with Gasteiger partial charge in [0.15, 0.2) is 0 Å². The van der Waals surface area contributed by atoms with Crippen LogP contribution < -0.4 is 0 Å². The van der Waals surface area contributed by atoms with E-state index >= 15 is 0 Å². The summed E-state index contributed by atoms with van der Waals surface area (Å²) in [5.74, 6) is 0. The van der Waals surface area contributed by atoms with Crippen molar-refractivity contribution in [1.82, 2.24) is 4.90 Å². The maximum absolute atomic E-state index is 10.3. The van der Waals surface area contributed by atoms with Gasteiger partial charge in [-0.15, -0.1) is 0 Å². The Morgan fingerprint density at radius 3 is 2.00 bits per heavy atom. The van der Waals surface area contributed by atoms with Gasteiger partial charge in [-0.1, -0.05) is 25.7 Å². The number of nitrogens with zero attached hydrogens (tertiary/aromatic N) is 1. The summed E-state index contributed by atoms with van der Waals surface area (Å²) in [7, 11) is 0. The van der Waals surface area contributed by atoms with Gasteiger partial charge in [0, 0.05) is 12.1 Å². The molecular formula is C19H37NO7. The molecule has 4 unspecified atom stereocenters. The van der Waals surface area contributed by atoms with Crippen molar-refractivity contribution in [3.63, 3.8) is 0 Å². The largest absolute Gasteiger partial charge is 0.395 e. The first-order valence-electron chi connectivity index (χ1n) is 10.3. The maximum Gasteiger partial charge on any atom is 0.0991 e. The molecule has 0 aromatic heterocycles. The molecule has 2 saturated heterocycles. The predicted molar refractivity (Wildman–Crippen MR) is 99.0 cm³/mol. The van der Waals surface area contributed by atoms with Crippen LogP contribution in [-0.4, -0.2) is 103 Å². The Morgan fingerprint density at radius 1 is 0.778 bits per heavy atom. The topological polar surface area (TPSA) is 145 Å². The molecule has 8 heteroatoms. The fourth-order valence-electron chi connectivity index (χ4n) is 4.67. The van der Waals surface area contributed by atoms with Crippen LogP contribution >= 0.6 is 0 Å². The zero-order valence-electron chi connectivity index (χ0n) is 16.0. The van der Waals surface area contributed by atoms with Crippen molar-refractivity contribution in [2.75, 3.05) is 13.2 Å². The molecule has 7 N–H and O–H groups in total. The van der Waals surface area contributed by atoms with Gasteiger partial charge in [0.1, 0.15) is 0 Å². The van der Waals surface area contributed by atoms with E-state index in [1.165, 1.54) is 0 Å². The zero-order chi connectivity index (χ0) is 20.0. The Hall–Kier alpha value is -0.320. The van der Waals surface area contributed by atoms with Gasteiger partial charge in [-0.2, -0.15) is 0 Å². The summed E-state index contributed by atoms with van der Waals surface area (Å²) < 4.78 is 0. The predicted octanol–water partition coefficient (Wildman–Crippen LogP) is -1.28. The van der Waals surface area contributed by atoms with Crippen LogP contribution in [-0.2, 0) is 0 Å². The Kier molecular flexibility index (Phi) is 9.37. The molecule has 160 valence electrons. The van der Waals surface area contributed by atoms with Crippen LogP contribution in [0.1, 0.15) is 57.8 Å². The SMILES string of the molecule is OCC(O)CCCCCCC(O)CCC1C(O)C[C@@H]2[C@@H](O)[C@H](O)[C@@H](CO)N12. The number of fused-ring (bicyclic) bond motifs is 1. The van der Waals surface area contributed by atoms with Crippen molar-refractivity contribution in [2.45, 2.75) is 106 Å². The molecule has 0 amide bonds. The van der Waals surface area contributed by atoms with E-state index < -0.39 is 36.6 Å². The first-order valence-corrected chi connectivity index (χ1v) is 10.3. The van der Waals surface area contributed by atoms with Gasteiger partial charge in [0.2, 0.25) is 0 Å². The number of hydrogen-bond acceptors (Lipinski definition) is 8. The van der Waals surface area contributed by atoms with E-state index in [2.05, 4.69) is 0 Å². The minimum atomic E-state index is -1.01. The Labute approximate surface area is 161 Å². The van der Waals surface area contributed by atoms with E-state index in [1.807, 2.05) is 4.90 Å². The molecule has 0 aliphatic carbocycles.